The second-order valence-electron chi connectivity index (χ2n) is 2.91. The molecule has 3 heteroatoms. The fourth-order valence-corrected chi connectivity index (χ4v) is 1.28. The lowest BCUT2D eigenvalue weighted by Crippen LogP contribution is -2.30. The van der Waals surface area contributed by atoms with Gasteiger partial charge in [0.15, 0.2) is 12.4 Å². The van der Waals surface area contributed by atoms with Crippen LogP contribution in [0.25, 0.3) is 5.69 Å². The number of aromatic hydroxyl groups is 1. The van der Waals surface area contributed by atoms with Crippen LogP contribution in [-0.4, -0.2) is 5.11 Å². The largest absolute Gasteiger partial charge is 0.865 e. The lowest BCUT2D eigenvalue weighted by molar-refractivity contribution is -0.599. The molecule has 70 valence electrons. The van der Waals surface area contributed by atoms with E-state index in [1.165, 1.54) is 6.07 Å². The van der Waals surface area contributed by atoms with Crippen molar-refractivity contribution in [2.75, 3.05) is 0 Å². The van der Waals surface area contributed by atoms with Gasteiger partial charge in [-0.15, -0.1) is 0 Å². The summed E-state index contributed by atoms with van der Waals surface area (Å²) in [5.74, 6) is -0.581. The predicted molar refractivity (Wildman–Crippen MR) is 49.1 cm³/mol. The molecule has 0 unspecified atom stereocenters. The molecule has 0 saturated carbocycles. The van der Waals surface area contributed by atoms with Gasteiger partial charge in [0.25, 0.3) is 0 Å². The number of nitrogens with zero attached hydrogens (tertiary/aromatic N) is 1. The quantitative estimate of drug-likeness (QED) is 0.669. The second kappa shape index (κ2) is 3.38. The van der Waals surface area contributed by atoms with Gasteiger partial charge in [0, 0.05) is 23.9 Å². The molecule has 0 amide bonds. The molecule has 1 heterocycles. The van der Waals surface area contributed by atoms with Gasteiger partial charge in [-0.05, 0) is 6.07 Å². The first-order chi connectivity index (χ1) is 6.79. The van der Waals surface area contributed by atoms with Crippen molar-refractivity contribution < 1.29 is 14.8 Å². The van der Waals surface area contributed by atoms with Gasteiger partial charge in [-0.3, -0.25) is 0 Å². The van der Waals surface area contributed by atoms with E-state index in [2.05, 4.69) is 0 Å². The third kappa shape index (κ3) is 1.40. The highest BCUT2D eigenvalue weighted by molar-refractivity contribution is 5.47. The number of rotatable bonds is 1. The van der Waals surface area contributed by atoms with Crippen molar-refractivity contribution in [3.05, 3.63) is 48.8 Å². The van der Waals surface area contributed by atoms with Crippen LogP contribution in [0.5, 0.6) is 11.5 Å². The zero-order valence-corrected chi connectivity index (χ0v) is 7.42. The number of benzene rings is 1. The molecule has 0 aliphatic carbocycles. The maximum absolute atomic E-state index is 11.5. The van der Waals surface area contributed by atoms with E-state index in [1.807, 2.05) is 18.2 Å². The molecule has 0 spiro atoms. The molecule has 14 heavy (non-hydrogen) atoms. The molecule has 1 aromatic carbocycles. The Morgan fingerprint density at radius 1 is 1.00 bits per heavy atom. The number of phenols is 1. The van der Waals surface area contributed by atoms with E-state index < -0.39 is 0 Å². The van der Waals surface area contributed by atoms with Gasteiger partial charge < -0.3 is 10.2 Å². The minimum atomic E-state index is -0.358. The summed E-state index contributed by atoms with van der Waals surface area (Å²) in [6.45, 7) is 0. The first-order valence-corrected chi connectivity index (χ1v) is 4.25. The Kier molecular flexibility index (Phi) is 2.07. The summed E-state index contributed by atoms with van der Waals surface area (Å²) in [7, 11) is 0. The van der Waals surface area contributed by atoms with Crippen LogP contribution in [0.3, 0.4) is 0 Å². The number of para-hydroxylation sites is 1. The van der Waals surface area contributed by atoms with Gasteiger partial charge in [0.2, 0.25) is 5.69 Å². The van der Waals surface area contributed by atoms with Crippen LogP contribution in [0.2, 0.25) is 0 Å². The van der Waals surface area contributed by atoms with Crippen LogP contribution < -0.4 is 9.67 Å². The first-order valence-electron chi connectivity index (χ1n) is 4.25. The molecule has 0 aliphatic heterocycles. The minimum absolute atomic E-state index is 0.223. The molecule has 0 aliphatic rings. The maximum atomic E-state index is 11.5. The van der Waals surface area contributed by atoms with Crippen LogP contribution >= 0.6 is 0 Å². The van der Waals surface area contributed by atoms with Crippen LogP contribution in [0.4, 0.5) is 0 Å². The summed E-state index contributed by atoms with van der Waals surface area (Å²) < 4.78 is 1.67. The van der Waals surface area contributed by atoms with Crippen molar-refractivity contribution in [2.45, 2.75) is 0 Å². The average Bonchev–Trinajstić information content (AvgIpc) is 2.23. The summed E-state index contributed by atoms with van der Waals surface area (Å²) >= 11 is 0. The van der Waals surface area contributed by atoms with Gasteiger partial charge in [-0.1, -0.05) is 12.1 Å². The van der Waals surface area contributed by atoms with Crippen molar-refractivity contribution in [3.63, 3.8) is 0 Å². The van der Waals surface area contributed by atoms with Crippen LogP contribution in [0.1, 0.15) is 0 Å². The van der Waals surface area contributed by atoms with Crippen molar-refractivity contribution in [2.24, 2.45) is 0 Å². The average molecular weight is 187 g/mol. The van der Waals surface area contributed by atoms with E-state index in [0.29, 0.717) is 5.69 Å². The number of hydrogen-bond acceptors (Lipinski definition) is 2. The van der Waals surface area contributed by atoms with Crippen molar-refractivity contribution in [1.29, 1.82) is 0 Å². The van der Waals surface area contributed by atoms with Gasteiger partial charge >= 0.3 is 0 Å². The van der Waals surface area contributed by atoms with Gasteiger partial charge in [-0.2, -0.15) is 4.57 Å². The SMILES string of the molecule is [O-]c1c(O)cccc1-[n+]1ccccc1. The summed E-state index contributed by atoms with van der Waals surface area (Å²) in [6, 6.07) is 10.2. The molecule has 0 bridgehead atoms. The van der Waals surface area contributed by atoms with Gasteiger partial charge in [0.1, 0.15) is 5.75 Å². The standard InChI is InChI=1S/C11H9NO2/c13-10-6-4-5-9(11(10)14)12-7-2-1-3-8-12/h1-8H,(H-,13,14). The second-order valence-corrected chi connectivity index (χ2v) is 2.91. The van der Waals surface area contributed by atoms with E-state index in [-0.39, 0.29) is 11.5 Å². The molecule has 2 aromatic rings. The number of aromatic nitrogens is 1. The Morgan fingerprint density at radius 3 is 2.43 bits per heavy atom. The summed E-state index contributed by atoms with van der Waals surface area (Å²) in [5.41, 5.74) is 0.450. The van der Waals surface area contributed by atoms with Gasteiger partial charge in [-0.25, -0.2) is 0 Å². The maximum Gasteiger partial charge on any atom is 0.206 e. The number of phenolic OH excluding ortho intramolecular Hbond substituents is 1. The predicted octanol–water partition coefficient (Wildman–Crippen LogP) is 0.742. The molecule has 2 rings (SSSR count). The van der Waals surface area contributed by atoms with Crippen molar-refractivity contribution in [3.8, 4) is 17.2 Å². The Labute approximate surface area is 81.5 Å². The Morgan fingerprint density at radius 2 is 1.71 bits per heavy atom. The monoisotopic (exact) mass is 187 g/mol. The Balaban J connectivity index is 2.58. The van der Waals surface area contributed by atoms with Gasteiger partial charge in [0.05, 0.1) is 0 Å². The molecule has 0 atom stereocenters. The van der Waals surface area contributed by atoms with E-state index in [9.17, 15) is 10.2 Å². The molecule has 0 fully saturated rings. The smallest absolute Gasteiger partial charge is 0.206 e. The lowest BCUT2D eigenvalue weighted by atomic mass is 10.2. The molecule has 1 N–H and O–H groups in total. The molecule has 1 aromatic heterocycles. The fraction of sp³-hybridized carbons (Fsp3) is 0. The normalized spacial score (nSPS) is 10.0. The summed E-state index contributed by atoms with van der Waals surface area (Å²) in [6.07, 6.45) is 3.52. The highest BCUT2D eigenvalue weighted by Gasteiger charge is 2.06. The Bertz CT molecular complexity index is 440. The third-order valence-corrected chi connectivity index (χ3v) is 1.97. The summed E-state index contributed by atoms with van der Waals surface area (Å²) in [5, 5.41) is 20.7. The first kappa shape index (κ1) is 8.56. The third-order valence-electron chi connectivity index (χ3n) is 1.97. The topological polar surface area (TPSA) is 47.2 Å². The summed E-state index contributed by atoms with van der Waals surface area (Å²) in [4.78, 5) is 0. The minimum Gasteiger partial charge on any atom is -0.865 e. The van der Waals surface area contributed by atoms with Crippen LogP contribution in [0, 0.1) is 0 Å². The molecule has 3 nitrogen and oxygen atoms in total. The van der Waals surface area contributed by atoms with Crippen molar-refractivity contribution >= 4 is 0 Å². The molecular weight excluding hydrogens is 178 g/mol. The molecule has 0 saturated heterocycles. The molecule has 0 radical (unpaired) electrons. The van der Waals surface area contributed by atoms with E-state index in [1.54, 1.807) is 29.1 Å². The van der Waals surface area contributed by atoms with E-state index in [4.69, 9.17) is 0 Å². The highest BCUT2D eigenvalue weighted by atomic mass is 16.3. The zero-order chi connectivity index (χ0) is 9.97. The fourth-order valence-electron chi connectivity index (χ4n) is 1.28. The number of pyridine rings is 1. The molecular formula is C11H9NO2. The lowest BCUT2D eigenvalue weighted by Gasteiger charge is -2.09. The van der Waals surface area contributed by atoms with Crippen LogP contribution in [-0.2, 0) is 0 Å². The van der Waals surface area contributed by atoms with Crippen LogP contribution in [0.15, 0.2) is 48.8 Å². The van der Waals surface area contributed by atoms with E-state index in [0.717, 1.165) is 0 Å². The number of hydrogen-bond donors (Lipinski definition) is 1. The Hall–Kier alpha value is -2.03. The zero-order valence-electron chi connectivity index (χ0n) is 7.42. The van der Waals surface area contributed by atoms with E-state index >= 15 is 0 Å². The van der Waals surface area contributed by atoms with Crippen molar-refractivity contribution in [1.82, 2.24) is 0 Å². The highest BCUT2D eigenvalue weighted by Crippen LogP contribution is 2.24.